The predicted molar refractivity (Wildman–Crippen MR) is 90.9 cm³/mol. The number of aliphatic carboxylic acids is 1. The molecule has 0 radical (unpaired) electrons. The highest BCUT2D eigenvalue weighted by molar-refractivity contribution is 5.70. The van der Waals surface area contributed by atoms with Crippen molar-refractivity contribution >= 4 is 11.7 Å². The molecule has 1 aromatic carbocycles. The summed E-state index contributed by atoms with van der Waals surface area (Å²) in [5, 5.41) is 16.6. The average Bonchev–Trinajstić information content (AvgIpc) is 3.06. The molecule has 0 saturated heterocycles. The van der Waals surface area contributed by atoms with E-state index in [0.717, 1.165) is 48.9 Å². The van der Waals surface area contributed by atoms with Crippen LogP contribution in [0.3, 0.4) is 0 Å². The molecule has 0 amide bonds. The summed E-state index contributed by atoms with van der Waals surface area (Å²) in [5.41, 5.74) is 3.09. The molecule has 6 heteroatoms. The van der Waals surface area contributed by atoms with Crippen molar-refractivity contribution in [3.8, 4) is 11.5 Å². The summed E-state index contributed by atoms with van der Waals surface area (Å²) in [5.74, 6) is 0.368. The second-order valence-electron chi connectivity index (χ2n) is 6.43. The molecule has 0 atom stereocenters. The summed E-state index contributed by atoms with van der Waals surface area (Å²) in [6.07, 6.45) is 3.96. The maximum atomic E-state index is 11.1. The quantitative estimate of drug-likeness (QED) is 0.870. The molecular formula is C18H23N3O3. The molecule has 2 N–H and O–H groups in total. The van der Waals surface area contributed by atoms with Crippen LogP contribution in [-0.4, -0.2) is 27.3 Å². The lowest BCUT2D eigenvalue weighted by molar-refractivity contribution is -0.142. The van der Waals surface area contributed by atoms with Gasteiger partial charge in [-0.25, -0.2) is 0 Å². The van der Waals surface area contributed by atoms with Crippen LogP contribution in [-0.2, 0) is 11.2 Å². The van der Waals surface area contributed by atoms with Gasteiger partial charge >= 0.3 is 5.97 Å². The summed E-state index contributed by atoms with van der Waals surface area (Å²) in [4.78, 5) is 15.4. The van der Waals surface area contributed by atoms with E-state index in [9.17, 15) is 4.79 Å². The standard InChI is InChI=1S/C18H23N3O3/c1-3-16-20-17(24-21-16)13-5-4-11(2)15(10-13)19-14-8-6-12(7-9-14)18(22)23/h4-5,10,12,14,19H,3,6-9H2,1-2H3,(H,22,23). The van der Waals surface area contributed by atoms with Crippen LogP contribution in [0.15, 0.2) is 22.7 Å². The SMILES string of the molecule is CCc1noc(-c2ccc(C)c(NC3CCC(C(=O)O)CC3)c2)n1. The smallest absolute Gasteiger partial charge is 0.306 e. The van der Waals surface area contributed by atoms with E-state index in [2.05, 4.69) is 22.4 Å². The van der Waals surface area contributed by atoms with Crippen LogP contribution < -0.4 is 5.32 Å². The van der Waals surface area contributed by atoms with E-state index in [1.54, 1.807) is 0 Å². The van der Waals surface area contributed by atoms with Crippen LogP contribution in [0, 0.1) is 12.8 Å². The molecule has 0 bridgehead atoms. The van der Waals surface area contributed by atoms with E-state index in [-0.39, 0.29) is 5.92 Å². The molecule has 24 heavy (non-hydrogen) atoms. The van der Waals surface area contributed by atoms with E-state index < -0.39 is 5.97 Å². The number of hydrogen-bond acceptors (Lipinski definition) is 5. The van der Waals surface area contributed by atoms with Gasteiger partial charge in [-0.15, -0.1) is 0 Å². The number of nitrogens with one attached hydrogen (secondary N) is 1. The first kappa shape index (κ1) is 16.5. The van der Waals surface area contributed by atoms with Gasteiger partial charge in [0.2, 0.25) is 0 Å². The second kappa shape index (κ2) is 7.03. The predicted octanol–water partition coefficient (Wildman–Crippen LogP) is 3.66. The van der Waals surface area contributed by atoms with Crippen molar-refractivity contribution in [3.05, 3.63) is 29.6 Å². The molecule has 1 saturated carbocycles. The van der Waals surface area contributed by atoms with Crippen LogP contribution in [0.1, 0.15) is 44.0 Å². The van der Waals surface area contributed by atoms with Gasteiger partial charge in [-0.2, -0.15) is 4.98 Å². The van der Waals surface area contributed by atoms with Crippen molar-refractivity contribution in [1.82, 2.24) is 10.1 Å². The van der Waals surface area contributed by atoms with E-state index in [1.165, 1.54) is 0 Å². The molecule has 6 nitrogen and oxygen atoms in total. The molecule has 1 fully saturated rings. The molecule has 1 aromatic heterocycles. The monoisotopic (exact) mass is 329 g/mol. The summed E-state index contributed by atoms with van der Waals surface area (Å²) in [6, 6.07) is 6.36. The van der Waals surface area contributed by atoms with Crippen molar-refractivity contribution in [3.63, 3.8) is 0 Å². The average molecular weight is 329 g/mol. The maximum absolute atomic E-state index is 11.1. The second-order valence-corrected chi connectivity index (χ2v) is 6.43. The number of aromatic nitrogens is 2. The van der Waals surface area contributed by atoms with E-state index >= 15 is 0 Å². The lowest BCUT2D eigenvalue weighted by Gasteiger charge is -2.28. The Hall–Kier alpha value is -2.37. The van der Waals surface area contributed by atoms with Crippen molar-refractivity contribution in [2.45, 2.75) is 52.0 Å². The van der Waals surface area contributed by atoms with Gasteiger partial charge < -0.3 is 14.9 Å². The van der Waals surface area contributed by atoms with E-state index in [1.807, 2.05) is 25.1 Å². The molecule has 1 aliphatic rings. The summed E-state index contributed by atoms with van der Waals surface area (Å²) in [6.45, 7) is 4.05. The Morgan fingerprint density at radius 3 is 2.71 bits per heavy atom. The Morgan fingerprint density at radius 1 is 1.33 bits per heavy atom. The fraction of sp³-hybridized carbons (Fsp3) is 0.500. The third kappa shape index (κ3) is 3.58. The van der Waals surface area contributed by atoms with Crippen molar-refractivity contribution in [2.24, 2.45) is 5.92 Å². The third-order valence-corrected chi connectivity index (χ3v) is 4.70. The normalized spacial score (nSPS) is 20.8. The summed E-state index contributed by atoms with van der Waals surface area (Å²) < 4.78 is 5.31. The Kier molecular flexibility index (Phi) is 4.83. The number of rotatable bonds is 5. The Labute approximate surface area is 141 Å². The first-order chi connectivity index (χ1) is 11.6. The van der Waals surface area contributed by atoms with Gasteiger partial charge in [0.25, 0.3) is 5.89 Å². The van der Waals surface area contributed by atoms with Gasteiger partial charge in [0.05, 0.1) is 5.92 Å². The summed E-state index contributed by atoms with van der Waals surface area (Å²) in [7, 11) is 0. The number of aryl methyl sites for hydroxylation is 2. The Balaban J connectivity index is 1.72. The lowest BCUT2D eigenvalue weighted by atomic mass is 9.86. The third-order valence-electron chi connectivity index (χ3n) is 4.70. The minimum absolute atomic E-state index is 0.193. The van der Waals surface area contributed by atoms with Gasteiger partial charge in [-0.05, 0) is 50.3 Å². The number of carbonyl (C=O) groups is 1. The first-order valence-corrected chi connectivity index (χ1v) is 8.49. The lowest BCUT2D eigenvalue weighted by Crippen LogP contribution is -2.29. The number of nitrogens with zero attached hydrogens (tertiary/aromatic N) is 2. The molecule has 1 heterocycles. The fourth-order valence-electron chi connectivity index (χ4n) is 3.13. The zero-order valence-corrected chi connectivity index (χ0v) is 14.1. The van der Waals surface area contributed by atoms with Gasteiger partial charge in [-0.3, -0.25) is 4.79 Å². The van der Waals surface area contributed by atoms with Crippen molar-refractivity contribution < 1.29 is 14.4 Å². The highest BCUT2D eigenvalue weighted by Gasteiger charge is 2.26. The molecule has 0 aliphatic heterocycles. The zero-order chi connectivity index (χ0) is 17.1. The molecule has 1 aliphatic carbocycles. The van der Waals surface area contributed by atoms with Gasteiger partial charge in [-0.1, -0.05) is 18.1 Å². The zero-order valence-electron chi connectivity index (χ0n) is 14.1. The van der Waals surface area contributed by atoms with Gasteiger partial charge in [0.1, 0.15) is 0 Å². The number of carboxylic acid groups (broad SMARTS) is 1. The highest BCUT2D eigenvalue weighted by Crippen LogP contribution is 2.30. The maximum Gasteiger partial charge on any atom is 0.306 e. The van der Waals surface area contributed by atoms with Crippen LogP contribution in [0.5, 0.6) is 0 Å². The van der Waals surface area contributed by atoms with Crippen LogP contribution >= 0.6 is 0 Å². The van der Waals surface area contributed by atoms with Crippen molar-refractivity contribution in [1.29, 1.82) is 0 Å². The van der Waals surface area contributed by atoms with E-state index in [0.29, 0.717) is 17.8 Å². The molecule has 128 valence electrons. The molecule has 0 spiro atoms. The number of anilines is 1. The fourth-order valence-corrected chi connectivity index (χ4v) is 3.13. The van der Waals surface area contributed by atoms with Crippen LogP contribution in [0.4, 0.5) is 5.69 Å². The Bertz CT molecular complexity index is 718. The number of benzene rings is 1. The molecule has 2 aromatic rings. The topological polar surface area (TPSA) is 88.2 Å². The molecule has 0 unspecified atom stereocenters. The molecule has 3 rings (SSSR count). The minimum atomic E-state index is -0.672. The number of hydrogen-bond donors (Lipinski definition) is 2. The Morgan fingerprint density at radius 2 is 2.08 bits per heavy atom. The van der Waals surface area contributed by atoms with Crippen LogP contribution in [0.2, 0.25) is 0 Å². The first-order valence-electron chi connectivity index (χ1n) is 8.49. The van der Waals surface area contributed by atoms with Crippen LogP contribution in [0.25, 0.3) is 11.5 Å². The minimum Gasteiger partial charge on any atom is -0.481 e. The molecular weight excluding hydrogens is 306 g/mol. The number of carboxylic acids is 1. The van der Waals surface area contributed by atoms with Crippen molar-refractivity contribution in [2.75, 3.05) is 5.32 Å². The summed E-state index contributed by atoms with van der Waals surface area (Å²) >= 11 is 0. The van der Waals surface area contributed by atoms with Gasteiger partial charge in [0, 0.05) is 23.7 Å². The largest absolute Gasteiger partial charge is 0.481 e. The highest BCUT2D eigenvalue weighted by atomic mass is 16.5. The van der Waals surface area contributed by atoms with E-state index in [4.69, 9.17) is 9.63 Å². The van der Waals surface area contributed by atoms with Gasteiger partial charge in [0.15, 0.2) is 5.82 Å².